The fraction of sp³-hybridized carbons (Fsp3) is 0.452. The molecule has 3 aliphatic rings. The summed E-state index contributed by atoms with van der Waals surface area (Å²) < 4.78 is 0.480. The molecule has 4 heterocycles. The number of hydrogen-bond donors (Lipinski definition) is 6. The number of aromatic hydroxyl groups is 2. The van der Waals surface area contributed by atoms with Crippen LogP contribution >= 0.6 is 34.7 Å². The lowest BCUT2D eigenvalue weighted by Crippen LogP contribution is -2.71. The van der Waals surface area contributed by atoms with Crippen LogP contribution in [0.2, 0.25) is 5.02 Å². The highest BCUT2D eigenvalue weighted by Crippen LogP contribution is 2.41. The molecule has 2 fully saturated rings. The highest BCUT2D eigenvalue weighted by atomic mass is 35.5. The fourth-order valence-corrected chi connectivity index (χ4v) is 8.17. The summed E-state index contributed by atoms with van der Waals surface area (Å²) in [5.41, 5.74) is -1.56. The number of rotatable bonds is 13. The van der Waals surface area contributed by atoms with Gasteiger partial charge in [-0.25, -0.2) is 14.6 Å². The highest BCUT2D eigenvalue weighted by molar-refractivity contribution is 8.00. The first-order valence-electron chi connectivity index (χ1n) is 15.5. The molecule has 0 aliphatic carbocycles. The van der Waals surface area contributed by atoms with Gasteiger partial charge in [0.05, 0.1) is 41.8 Å². The zero-order valence-electron chi connectivity index (χ0n) is 27.3. The van der Waals surface area contributed by atoms with Crippen molar-refractivity contribution in [2.45, 2.75) is 50.6 Å². The van der Waals surface area contributed by atoms with Crippen molar-refractivity contribution in [3.63, 3.8) is 0 Å². The van der Waals surface area contributed by atoms with Gasteiger partial charge in [-0.15, -0.1) is 23.1 Å². The van der Waals surface area contributed by atoms with Crippen molar-refractivity contribution in [3.05, 3.63) is 50.1 Å². The van der Waals surface area contributed by atoms with Gasteiger partial charge in [-0.3, -0.25) is 19.3 Å². The quantitative estimate of drug-likeness (QED) is 0.0567. The van der Waals surface area contributed by atoms with Gasteiger partial charge < -0.3 is 40.4 Å². The Morgan fingerprint density at radius 3 is 2.50 bits per heavy atom. The number of phenols is 2. The van der Waals surface area contributed by atoms with Gasteiger partial charge in [0.2, 0.25) is 5.60 Å². The van der Waals surface area contributed by atoms with Gasteiger partial charge in [0.1, 0.15) is 29.4 Å². The Morgan fingerprint density at radius 1 is 1.18 bits per heavy atom. The molecule has 16 nitrogen and oxygen atoms in total. The Morgan fingerprint density at radius 2 is 1.88 bits per heavy atom. The van der Waals surface area contributed by atoms with Gasteiger partial charge in [-0.05, 0) is 32.9 Å². The number of likely N-dealkylation sites (tertiary alicyclic amines) is 1. The Kier molecular flexibility index (Phi) is 10.7. The number of carbonyl (C=O) groups is 5. The second-order valence-corrected chi connectivity index (χ2v) is 15.2. The summed E-state index contributed by atoms with van der Waals surface area (Å²) in [5.74, 6) is -5.37. The molecule has 3 amide bonds. The van der Waals surface area contributed by atoms with E-state index in [0.717, 1.165) is 32.0 Å². The van der Waals surface area contributed by atoms with Crippen molar-refractivity contribution in [1.82, 2.24) is 20.5 Å². The smallest absolute Gasteiger partial charge is 0.352 e. The van der Waals surface area contributed by atoms with Crippen molar-refractivity contribution in [2.24, 2.45) is 5.16 Å². The number of thioether (sulfide) groups is 1. The van der Waals surface area contributed by atoms with Crippen molar-refractivity contribution >= 4 is 70.1 Å². The van der Waals surface area contributed by atoms with Crippen LogP contribution in [-0.2, 0) is 24.0 Å². The lowest BCUT2D eigenvalue weighted by molar-refractivity contribution is -0.911. The third-order valence-electron chi connectivity index (χ3n) is 8.75. The van der Waals surface area contributed by atoms with E-state index in [2.05, 4.69) is 20.8 Å². The number of amides is 3. The molecule has 1 aromatic carbocycles. The van der Waals surface area contributed by atoms with Gasteiger partial charge in [-0.1, -0.05) is 16.8 Å². The molecular formula is C31H36ClN6O10S2+. The van der Waals surface area contributed by atoms with Gasteiger partial charge in [-0.2, -0.15) is 0 Å². The van der Waals surface area contributed by atoms with E-state index in [1.54, 1.807) is 12.3 Å². The monoisotopic (exact) mass is 751 g/mol. The Hall–Kier alpha value is -4.39. The number of thiazole rings is 1. The minimum absolute atomic E-state index is 0.00445. The first kappa shape index (κ1) is 36.9. The summed E-state index contributed by atoms with van der Waals surface area (Å²) >= 11 is 8.58. The van der Waals surface area contributed by atoms with Crippen molar-refractivity contribution in [3.8, 4) is 11.5 Å². The topological polar surface area (TPSA) is 228 Å². The number of hydrogen-bond acceptors (Lipinski definition) is 12. The second kappa shape index (κ2) is 14.5. The van der Waals surface area contributed by atoms with Gasteiger partial charge in [0, 0.05) is 29.5 Å². The number of oxime groups is 1. The van der Waals surface area contributed by atoms with Crippen LogP contribution in [-0.4, -0.2) is 126 Å². The van der Waals surface area contributed by atoms with Crippen molar-refractivity contribution in [2.75, 3.05) is 38.5 Å². The van der Waals surface area contributed by atoms with Gasteiger partial charge >= 0.3 is 11.9 Å². The number of halogens is 1. The number of carboxylic acid groups (broad SMARTS) is 2. The lowest BCUT2D eigenvalue weighted by atomic mass is 10.0. The molecule has 3 aliphatic heterocycles. The van der Waals surface area contributed by atoms with E-state index < -0.39 is 58.2 Å². The molecule has 2 atom stereocenters. The van der Waals surface area contributed by atoms with Crippen molar-refractivity contribution in [1.29, 1.82) is 0 Å². The predicted molar refractivity (Wildman–Crippen MR) is 182 cm³/mol. The standard InChI is InChI=1S/C31H35ClN6O10S2/c1-15-34-18(14-49-15)21(36-48-31(2,3)30(46)47)26(42)35-22-27(43)37-23(29(44)45)16(13-50-28(22)37)12-38(9-4-5-10-38)11-8-33-25(41)17-6-7-19(39)24(40)20(17)32/h6-7,14,22,28H,4-5,8-13H2,1-3H3,(H5-,33,35,36,39,40,41,42,44,45,46,47)/p+1/t22-,28-/m1/s1. The summed E-state index contributed by atoms with van der Waals surface area (Å²) in [7, 11) is 0. The molecule has 6 N–H and O–H groups in total. The number of aliphatic carboxylic acids is 2. The fourth-order valence-electron chi connectivity index (χ4n) is 5.99. The second-order valence-electron chi connectivity index (χ2n) is 12.6. The first-order valence-corrected chi connectivity index (χ1v) is 17.8. The number of carbonyl (C=O) groups excluding carboxylic acids is 3. The summed E-state index contributed by atoms with van der Waals surface area (Å²) in [4.78, 5) is 74.5. The molecule has 2 saturated heterocycles. The Labute approximate surface area is 299 Å². The maximum atomic E-state index is 13.5. The average molecular weight is 752 g/mol. The molecule has 0 radical (unpaired) electrons. The van der Waals surface area contributed by atoms with Crippen LogP contribution in [0.5, 0.6) is 11.5 Å². The SMILES string of the molecule is Cc1nc(/C(=N/OC(C)(C)C(=O)O)C(=O)N[C@@H]2C(=O)N3C(C(=O)O)=C(C[N+]4(CCNC(=O)c5ccc(O)c(O)c5Cl)CCCC4)CS[C@H]23)cs1. The maximum Gasteiger partial charge on any atom is 0.352 e. The number of carboxylic acids is 2. The minimum Gasteiger partial charge on any atom is -0.504 e. The van der Waals surface area contributed by atoms with E-state index in [4.69, 9.17) is 16.4 Å². The number of fused-ring (bicyclic) bond motifs is 1. The number of β-lactam (4-membered cyclic amide) rings is 1. The van der Waals surface area contributed by atoms with Crippen LogP contribution in [0.1, 0.15) is 47.7 Å². The van der Waals surface area contributed by atoms with Crippen LogP contribution in [0.4, 0.5) is 0 Å². The van der Waals surface area contributed by atoms with E-state index in [9.17, 15) is 44.4 Å². The van der Waals surface area contributed by atoms with Crippen LogP contribution in [0.3, 0.4) is 0 Å². The average Bonchev–Trinajstić information content (AvgIpc) is 3.71. The molecule has 0 bridgehead atoms. The third kappa shape index (κ3) is 7.38. The van der Waals surface area contributed by atoms with Crippen LogP contribution < -0.4 is 10.6 Å². The summed E-state index contributed by atoms with van der Waals surface area (Å²) in [6.07, 6.45) is 1.78. The largest absolute Gasteiger partial charge is 0.504 e. The zero-order valence-corrected chi connectivity index (χ0v) is 29.7. The van der Waals surface area contributed by atoms with E-state index in [-0.39, 0.29) is 40.0 Å². The van der Waals surface area contributed by atoms with Gasteiger partial charge in [0.15, 0.2) is 17.2 Å². The van der Waals surface area contributed by atoms with Crippen LogP contribution in [0, 0.1) is 6.92 Å². The summed E-state index contributed by atoms with van der Waals surface area (Å²) in [6, 6.07) is 1.38. The molecule has 0 saturated carbocycles. The zero-order chi connectivity index (χ0) is 36.5. The molecule has 5 rings (SSSR count). The lowest BCUT2D eigenvalue weighted by Gasteiger charge is -2.50. The van der Waals surface area contributed by atoms with Crippen molar-refractivity contribution < 1.29 is 53.7 Å². The number of phenolic OH excluding ortho intramolecular Hbond substituents is 2. The Bertz CT molecular complexity index is 1810. The number of nitrogens with one attached hydrogen (secondary N) is 2. The van der Waals surface area contributed by atoms with E-state index in [0.29, 0.717) is 28.2 Å². The summed E-state index contributed by atoms with van der Waals surface area (Å²) in [6.45, 7) is 6.69. The van der Waals surface area contributed by atoms with Crippen LogP contribution in [0.15, 0.2) is 33.9 Å². The molecule has 2 aromatic rings. The highest BCUT2D eigenvalue weighted by Gasteiger charge is 2.55. The minimum atomic E-state index is -1.76. The number of aromatic nitrogens is 1. The number of aryl methyl sites for hydroxylation is 1. The molecule has 268 valence electrons. The normalized spacial score (nSPS) is 20.2. The number of benzene rings is 1. The first-order chi connectivity index (χ1) is 23.5. The Balaban J connectivity index is 1.29. The predicted octanol–water partition coefficient (Wildman–Crippen LogP) is 1.88. The maximum absolute atomic E-state index is 13.5. The summed E-state index contributed by atoms with van der Waals surface area (Å²) in [5, 5.41) is 49.6. The molecule has 0 spiro atoms. The number of quaternary nitrogens is 1. The molecule has 1 aromatic heterocycles. The van der Waals surface area contributed by atoms with Gasteiger partial charge in [0.25, 0.3) is 17.7 Å². The third-order valence-corrected chi connectivity index (χ3v) is 11.2. The number of nitrogens with zero attached hydrogens (tertiary/aromatic N) is 4. The molecule has 50 heavy (non-hydrogen) atoms. The van der Waals surface area contributed by atoms with E-state index >= 15 is 0 Å². The molecule has 0 unspecified atom stereocenters. The van der Waals surface area contributed by atoms with E-state index in [1.165, 1.54) is 47.9 Å². The van der Waals surface area contributed by atoms with E-state index in [1.807, 2.05) is 0 Å². The molecular weight excluding hydrogens is 716 g/mol. The molecule has 19 heteroatoms. The van der Waals surface area contributed by atoms with Crippen LogP contribution in [0.25, 0.3) is 0 Å².